The van der Waals surface area contributed by atoms with Gasteiger partial charge in [-0.25, -0.2) is 9.37 Å². The highest BCUT2D eigenvalue weighted by atomic mass is 35.5. The lowest BCUT2D eigenvalue weighted by Crippen LogP contribution is -2.19. The molecule has 3 rings (SSSR count). The molecule has 0 saturated carbocycles. The zero-order valence-electron chi connectivity index (χ0n) is 11.5. The molecule has 3 aromatic rings. The molecule has 1 aromatic heterocycles. The number of nitrogens with one attached hydrogen (secondary N) is 2. The number of hydrogen-bond donors (Lipinski definition) is 2. The number of hydrogen-bond acceptors (Lipinski definition) is 2. The normalized spacial score (nSPS) is 12.7. The lowest BCUT2D eigenvalue weighted by molar-refractivity contribution is 0.555. The van der Waals surface area contributed by atoms with Crippen LogP contribution in [-0.4, -0.2) is 9.97 Å². The quantitative estimate of drug-likeness (QED) is 0.758. The third-order valence-electron chi connectivity index (χ3n) is 3.46. The van der Waals surface area contributed by atoms with Gasteiger partial charge in [0.1, 0.15) is 11.6 Å². The lowest BCUT2D eigenvalue weighted by atomic mass is 10.1. The Morgan fingerprint density at radius 1 is 1.29 bits per heavy atom. The van der Waals surface area contributed by atoms with Crippen LogP contribution < -0.4 is 5.32 Å². The van der Waals surface area contributed by atoms with Crippen LogP contribution in [-0.2, 0) is 6.54 Å². The molecule has 0 aliphatic rings. The van der Waals surface area contributed by atoms with E-state index >= 15 is 0 Å². The molecule has 0 aliphatic heterocycles. The largest absolute Gasteiger partial charge is 0.341 e. The first-order chi connectivity index (χ1) is 10.1. The molecular weight excluding hydrogens is 289 g/mol. The summed E-state index contributed by atoms with van der Waals surface area (Å²) in [6, 6.07) is 12.7. The average molecular weight is 304 g/mol. The molecule has 1 unspecified atom stereocenters. The van der Waals surface area contributed by atoms with Crippen LogP contribution in [0.25, 0.3) is 11.0 Å². The van der Waals surface area contributed by atoms with Crippen LogP contribution in [0, 0.1) is 5.82 Å². The topological polar surface area (TPSA) is 40.7 Å². The van der Waals surface area contributed by atoms with Crippen molar-refractivity contribution in [2.75, 3.05) is 0 Å². The van der Waals surface area contributed by atoms with Gasteiger partial charge in [0.15, 0.2) is 0 Å². The minimum atomic E-state index is -0.397. The summed E-state index contributed by atoms with van der Waals surface area (Å²) in [6.07, 6.45) is 0. The monoisotopic (exact) mass is 303 g/mol. The molecular formula is C16H15ClFN3. The van der Waals surface area contributed by atoms with Gasteiger partial charge in [0, 0.05) is 6.04 Å². The van der Waals surface area contributed by atoms with Gasteiger partial charge in [-0.1, -0.05) is 29.8 Å². The molecule has 1 atom stereocenters. The second kappa shape index (κ2) is 5.84. The van der Waals surface area contributed by atoms with Crippen LogP contribution in [0.4, 0.5) is 4.39 Å². The number of rotatable bonds is 4. The highest BCUT2D eigenvalue weighted by Gasteiger charge is 2.09. The molecule has 0 bridgehead atoms. The summed E-state index contributed by atoms with van der Waals surface area (Å²) >= 11 is 5.69. The van der Waals surface area contributed by atoms with Gasteiger partial charge >= 0.3 is 0 Å². The minimum Gasteiger partial charge on any atom is -0.341 e. The van der Waals surface area contributed by atoms with Gasteiger partial charge in [0.25, 0.3) is 0 Å². The highest BCUT2D eigenvalue weighted by Crippen LogP contribution is 2.20. The van der Waals surface area contributed by atoms with Crippen molar-refractivity contribution >= 4 is 22.6 Å². The highest BCUT2D eigenvalue weighted by molar-refractivity contribution is 6.30. The van der Waals surface area contributed by atoms with E-state index in [1.165, 1.54) is 6.07 Å². The Bertz CT molecular complexity index is 736. The minimum absolute atomic E-state index is 0.00461. The van der Waals surface area contributed by atoms with Crippen LogP contribution in [0.1, 0.15) is 24.4 Å². The lowest BCUT2D eigenvalue weighted by Gasteiger charge is -2.13. The second-order valence-corrected chi connectivity index (χ2v) is 5.38. The number of halogens is 2. The van der Waals surface area contributed by atoms with Crippen molar-refractivity contribution in [1.29, 1.82) is 0 Å². The number of benzene rings is 2. The molecule has 0 fully saturated rings. The predicted molar refractivity (Wildman–Crippen MR) is 82.8 cm³/mol. The molecule has 3 nitrogen and oxygen atoms in total. The van der Waals surface area contributed by atoms with Crippen molar-refractivity contribution < 1.29 is 4.39 Å². The van der Waals surface area contributed by atoms with E-state index in [0.717, 1.165) is 22.4 Å². The molecule has 5 heteroatoms. The average Bonchev–Trinajstić information content (AvgIpc) is 2.90. The molecule has 0 spiro atoms. The van der Waals surface area contributed by atoms with Crippen LogP contribution in [0.2, 0.25) is 5.02 Å². The Labute approximate surface area is 127 Å². The summed E-state index contributed by atoms with van der Waals surface area (Å²) in [4.78, 5) is 7.75. The fourth-order valence-corrected chi connectivity index (χ4v) is 2.36. The number of nitrogens with zero attached hydrogens (tertiary/aromatic N) is 1. The van der Waals surface area contributed by atoms with E-state index in [4.69, 9.17) is 11.6 Å². The van der Waals surface area contributed by atoms with Gasteiger partial charge in [-0.3, -0.25) is 0 Å². The van der Waals surface area contributed by atoms with Crippen molar-refractivity contribution in [2.24, 2.45) is 0 Å². The van der Waals surface area contributed by atoms with Crippen molar-refractivity contribution in [2.45, 2.75) is 19.5 Å². The van der Waals surface area contributed by atoms with Crippen molar-refractivity contribution in [3.8, 4) is 0 Å². The van der Waals surface area contributed by atoms with E-state index in [-0.39, 0.29) is 11.1 Å². The summed E-state index contributed by atoms with van der Waals surface area (Å²) in [5.41, 5.74) is 2.81. The number of aromatic nitrogens is 2. The van der Waals surface area contributed by atoms with Crippen molar-refractivity contribution in [1.82, 2.24) is 15.3 Å². The first-order valence-electron chi connectivity index (χ1n) is 6.75. The zero-order valence-corrected chi connectivity index (χ0v) is 12.3. The maximum Gasteiger partial charge on any atom is 0.142 e. The smallest absolute Gasteiger partial charge is 0.142 e. The Hall–Kier alpha value is -1.91. The summed E-state index contributed by atoms with van der Waals surface area (Å²) < 4.78 is 13.5. The maximum absolute atomic E-state index is 13.5. The van der Waals surface area contributed by atoms with E-state index in [0.29, 0.717) is 6.54 Å². The van der Waals surface area contributed by atoms with E-state index < -0.39 is 5.82 Å². The van der Waals surface area contributed by atoms with Gasteiger partial charge in [0.05, 0.1) is 22.6 Å². The van der Waals surface area contributed by atoms with E-state index in [1.54, 1.807) is 6.07 Å². The van der Waals surface area contributed by atoms with Crippen LogP contribution in [0.5, 0.6) is 0 Å². The third kappa shape index (κ3) is 3.06. The molecule has 2 N–H and O–H groups in total. The number of imidazole rings is 1. The fraction of sp³-hybridized carbons (Fsp3) is 0.188. The van der Waals surface area contributed by atoms with E-state index in [1.807, 2.05) is 37.3 Å². The Morgan fingerprint density at radius 2 is 2.10 bits per heavy atom. The molecule has 1 heterocycles. The number of para-hydroxylation sites is 2. The second-order valence-electron chi connectivity index (χ2n) is 4.98. The third-order valence-corrected chi connectivity index (χ3v) is 3.76. The van der Waals surface area contributed by atoms with Crippen LogP contribution in [0.3, 0.4) is 0 Å². The number of aromatic amines is 1. The standard InChI is InChI=1S/C16H15ClFN3/c1-10(11-6-7-12(17)13(18)8-11)19-9-16-20-14-4-2-3-5-15(14)21-16/h2-8,10,19H,9H2,1H3,(H,20,21). The molecule has 21 heavy (non-hydrogen) atoms. The van der Waals surface area contributed by atoms with Gasteiger partial charge < -0.3 is 10.3 Å². The van der Waals surface area contributed by atoms with Crippen LogP contribution in [0.15, 0.2) is 42.5 Å². The van der Waals surface area contributed by atoms with E-state index in [9.17, 15) is 4.39 Å². The van der Waals surface area contributed by atoms with Crippen LogP contribution >= 0.6 is 11.6 Å². The van der Waals surface area contributed by atoms with Crippen molar-refractivity contribution in [3.63, 3.8) is 0 Å². The summed E-state index contributed by atoms with van der Waals surface area (Å²) in [5, 5.41) is 3.46. The first kappa shape index (κ1) is 14.0. The number of fused-ring (bicyclic) bond motifs is 1. The van der Waals surface area contributed by atoms with E-state index in [2.05, 4.69) is 15.3 Å². The van der Waals surface area contributed by atoms with Gasteiger partial charge in [-0.05, 0) is 36.8 Å². The molecule has 0 aliphatic carbocycles. The molecule has 0 saturated heterocycles. The Kier molecular flexibility index (Phi) is 3.90. The number of H-pyrrole nitrogens is 1. The first-order valence-corrected chi connectivity index (χ1v) is 7.13. The molecule has 0 radical (unpaired) electrons. The summed E-state index contributed by atoms with van der Waals surface area (Å²) in [6.45, 7) is 2.56. The summed E-state index contributed by atoms with van der Waals surface area (Å²) in [7, 11) is 0. The molecule has 2 aromatic carbocycles. The van der Waals surface area contributed by atoms with Crippen molar-refractivity contribution in [3.05, 3.63) is 64.7 Å². The van der Waals surface area contributed by atoms with Gasteiger partial charge in [0.2, 0.25) is 0 Å². The Morgan fingerprint density at radius 3 is 2.86 bits per heavy atom. The molecule has 108 valence electrons. The fourth-order valence-electron chi connectivity index (χ4n) is 2.24. The predicted octanol–water partition coefficient (Wildman–Crippen LogP) is 4.21. The Balaban J connectivity index is 1.70. The summed E-state index contributed by atoms with van der Waals surface area (Å²) in [5.74, 6) is 0.462. The van der Waals surface area contributed by atoms with Gasteiger partial charge in [-0.15, -0.1) is 0 Å². The SMILES string of the molecule is CC(NCc1nc2ccccc2[nH]1)c1ccc(Cl)c(F)c1. The van der Waals surface area contributed by atoms with Gasteiger partial charge in [-0.2, -0.15) is 0 Å². The molecule has 0 amide bonds. The maximum atomic E-state index is 13.5. The zero-order chi connectivity index (χ0) is 14.8.